The summed E-state index contributed by atoms with van der Waals surface area (Å²) in [5, 5.41) is 6.60. The number of urea groups is 1. The van der Waals surface area contributed by atoms with Gasteiger partial charge in [0.2, 0.25) is 0 Å². The van der Waals surface area contributed by atoms with Gasteiger partial charge in [0.15, 0.2) is 0 Å². The van der Waals surface area contributed by atoms with Gasteiger partial charge in [0.25, 0.3) is 0 Å². The van der Waals surface area contributed by atoms with E-state index in [1.165, 1.54) is 0 Å². The van der Waals surface area contributed by atoms with Crippen LogP contribution >= 0.6 is 0 Å². The van der Waals surface area contributed by atoms with Gasteiger partial charge in [0.1, 0.15) is 17.7 Å². The van der Waals surface area contributed by atoms with Gasteiger partial charge in [-0.1, -0.05) is 24.3 Å². The van der Waals surface area contributed by atoms with Crippen molar-refractivity contribution in [3.05, 3.63) is 66.6 Å². The molecule has 2 amide bonds. The van der Waals surface area contributed by atoms with Crippen molar-refractivity contribution in [1.29, 1.82) is 0 Å². The number of anilines is 2. The molecule has 0 aliphatic carbocycles. The Labute approximate surface area is 161 Å². The highest BCUT2D eigenvalue weighted by Gasteiger charge is 2.11. The summed E-state index contributed by atoms with van der Waals surface area (Å²) < 4.78 is 5.24. The quantitative estimate of drug-likeness (QED) is 0.488. The molecule has 0 unspecified atom stereocenters. The van der Waals surface area contributed by atoms with E-state index in [0.717, 1.165) is 27.9 Å². The minimum Gasteiger partial charge on any atom is -0.495 e. The van der Waals surface area contributed by atoms with Gasteiger partial charge in [-0.3, -0.25) is 0 Å². The van der Waals surface area contributed by atoms with E-state index < -0.39 is 0 Å². The highest BCUT2D eigenvalue weighted by Crippen LogP contribution is 2.28. The summed E-state index contributed by atoms with van der Waals surface area (Å²) in [6.45, 7) is 2.02. The zero-order valence-electron chi connectivity index (χ0n) is 15.5. The van der Waals surface area contributed by atoms with Crippen molar-refractivity contribution in [1.82, 2.24) is 15.0 Å². The number of fused-ring (bicyclic) bond motifs is 1. The second-order valence-electron chi connectivity index (χ2n) is 6.27. The molecular formula is C21H19N5O2. The van der Waals surface area contributed by atoms with Crippen LogP contribution < -0.4 is 15.4 Å². The number of benzene rings is 2. The molecule has 0 saturated carbocycles. The number of ether oxygens (including phenoxy) is 1. The fourth-order valence-electron chi connectivity index (χ4n) is 3.08. The third-order valence-electron chi connectivity index (χ3n) is 4.44. The summed E-state index contributed by atoms with van der Waals surface area (Å²) in [6, 6.07) is 14.4. The Bertz CT molecular complexity index is 1140. The van der Waals surface area contributed by atoms with Crippen LogP contribution in [0.3, 0.4) is 0 Å². The number of nitrogens with zero attached hydrogens (tertiary/aromatic N) is 2. The standard InChI is InChI=1S/C21H19N5O2/c1-13-11-22-20-18(13)19(23-12-24-20)14-7-9-15(10-8-14)25-21(27)26-16-5-3-4-6-17(16)28-2/h3-12H,1-2H3,(H,22,23,24)(H2,25,26,27). The Morgan fingerprint density at radius 1 is 1.04 bits per heavy atom. The zero-order valence-corrected chi connectivity index (χ0v) is 15.5. The molecule has 2 heterocycles. The van der Waals surface area contributed by atoms with Crippen LogP contribution in [0.25, 0.3) is 22.3 Å². The maximum absolute atomic E-state index is 12.3. The molecular weight excluding hydrogens is 354 g/mol. The number of para-hydroxylation sites is 2. The Balaban J connectivity index is 1.52. The third-order valence-corrected chi connectivity index (χ3v) is 4.44. The van der Waals surface area contributed by atoms with Crippen molar-refractivity contribution in [3.63, 3.8) is 0 Å². The number of rotatable bonds is 4. The van der Waals surface area contributed by atoms with E-state index in [1.807, 2.05) is 49.5 Å². The topological polar surface area (TPSA) is 91.9 Å². The predicted molar refractivity (Wildman–Crippen MR) is 110 cm³/mol. The van der Waals surface area contributed by atoms with Gasteiger partial charge in [-0.2, -0.15) is 0 Å². The molecule has 140 valence electrons. The van der Waals surface area contributed by atoms with Crippen LogP contribution in [0.1, 0.15) is 5.56 Å². The highest BCUT2D eigenvalue weighted by atomic mass is 16.5. The van der Waals surface area contributed by atoms with Crippen molar-refractivity contribution in [2.45, 2.75) is 6.92 Å². The van der Waals surface area contributed by atoms with Crippen molar-refractivity contribution in [3.8, 4) is 17.0 Å². The average molecular weight is 373 g/mol. The van der Waals surface area contributed by atoms with Crippen molar-refractivity contribution >= 4 is 28.4 Å². The number of nitrogens with one attached hydrogen (secondary N) is 3. The molecule has 0 atom stereocenters. The van der Waals surface area contributed by atoms with Crippen LogP contribution in [0.5, 0.6) is 5.75 Å². The van der Waals surface area contributed by atoms with E-state index >= 15 is 0 Å². The van der Waals surface area contributed by atoms with E-state index in [2.05, 4.69) is 25.6 Å². The van der Waals surface area contributed by atoms with Gasteiger partial charge in [-0.05, 0) is 36.8 Å². The van der Waals surface area contributed by atoms with Crippen molar-refractivity contribution < 1.29 is 9.53 Å². The molecule has 0 aliphatic heterocycles. The Morgan fingerprint density at radius 3 is 2.61 bits per heavy atom. The lowest BCUT2D eigenvalue weighted by atomic mass is 10.1. The zero-order chi connectivity index (χ0) is 19.5. The van der Waals surface area contributed by atoms with E-state index in [0.29, 0.717) is 17.1 Å². The number of H-pyrrole nitrogens is 1. The second kappa shape index (κ2) is 7.40. The fourth-order valence-corrected chi connectivity index (χ4v) is 3.08. The smallest absolute Gasteiger partial charge is 0.323 e. The molecule has 7 heteroatoms. The molecule has 7 nitrogen and oxygen atoms in total. The van der Waals surface area contributed by atoms with Gasteiger partial charge >= 0.3 is 6.03 Å². The minimum atomic E-state index is -0.344. The first-order valence-electron chi connectivity index (χ1n) is 8.76. The largest absolute Gasteiger partial charge is 0.495 e. The number of amides is 2. The van der Waals surface area contributed by atoms with Crippen molar-refractivity contribution in [2.75, 3.05) is 17.7 Å². The normalized spacial score (nSPS) is 10.6. The van der Waals surface area contributed by atoms with Gasteiger partial charge < -0.3 is 20.4 Å². The van der Waals surface area contributed by atoms with Gasteiger partial charge in [-0.15, -0.1) is 0 Å². The molecule has 0 aliphatic rings. The van der Waals surface area contributed by atoms with Crippen molar-refractivity contribution in [2.24, 2.45) is 0 Å². The third kappa shape index (κ3) is 3.37. The minimum absolute atomic E-state index is 0.344. The average Bonchev–Trinajstić information content (AvgIpc) is 3.10. The second-order valence-corrected chi connectivity index (χ2v) is 6.27. The Hall–Kier alpha value is -3.87. The molecule has 2 aromatic carbocycles. The number of aryl methyl sites for hydroxylation is 1. The molecule has 0 radical (unpaired) electrons. The fraction of sp³-hybridized carbons (Fsp3) is 0.0952. The summed E-state index contributed by atoms with van der Waals surface area (Å²) >= 11 is 0. The molecule has 4 rings (SSSR count). The Morgan fingerprint density at radius 2 is 1.82 bits per heavy atom. The Kier molecular flexibility index (Phi) is 4.63. The summed E-state index contributed by atoms with van der Waals surface area (Å²) in [7, 11) is 1.56. The highest BCUT2D eigenvalue weighted by molar-refractivity contribution is 6.01. The van der Waals surface area contributed by atoms with Crippen LogP contribution in [-0.4, -0.2) is 28.1 Å². The summed E-state index contributed by atoms with van der Waals surface area (Å²) in [5.74, 6) is 0.600. The lowest BCUT2D eigenvalue weighted by Crippen LogP contribution is -2.19. The number of hydrogen-bond donors (Lipinski definition) is 3. The van der Waals surface area contributed by atoms with Crippen LogP contribution in [0.4, 0.5) is 16.2 Å². The molecule has 2 aromatic heterocycles. The molecule has 0 spiro atoms. The van der Waals surface area contributed by atoms with E-state index in [-0.39, 0.29) is 6.03 Å². The number of carbonyl (C=O) groups is 1. The van der Waals surface area contributed by atoms with Crippen LogP contribution in [0.15, 0.2) is 61.1 Å². The maximum atomic E-state index is 12.3. The number of methoxy groups -OCH3 is 1. The first kappa shape index (κ1) is 17.5. The lowest BCUT2D eigenvalue weighted by Gasteiger charge is -2.11. The number of aromatic amines is 1. The molecule has 28 heavy (non-hydrogen) atoms. The molecule has 0 bridgehead atoms. The summed E-state index contributed by atoms with van der Waals surface area (Å²) in [4.78, 5) is 24.1. The van der Waals surface area contributed by atoms with Crippen LogP contribution in [0.2, 0.25) is 0 Å². The van der Waals surface area contributed by atoms with E-state index in [9.17, 15) is 4.79 Å². The van der Waals surface area contributed by atoms with Crippen LogP contribution in [-0.2, 0) is 0 Å². The van der Waals surface area contributed by atoms with Gasteiger partial charge in [0.05, 0.1) is 18.5 Å². The first-order valence-corrected chi connectivity index (χ1v) is 8.76. The SMILES string of the molecule is COc1ccccc1NC(=O)Nc1ccc(-c2ncnc3[nH]cc(C)c23)cc1. The molecule has 0 saturated heterocycles. The summed E-state index contributed by atoms with van der Waals surface area (Å²) in [5.41, 5.74) is 4.97. The number of hydrogen-bond acceptors (Lipinski definition) is 4. The van der Waals surface area contributed by atoms with E-state index in [1.54, 1.807) is 25.6 Å². The predicted octanol–water partition coefficient (Wildman–Crippen LogP) is 4.59. The van der Waals surface area contributed by atoms with Gasteiger partial charge in [0, 0.05) is 22.8 Å². The summed E-state index contributed by atoms with van der Waals surface area (Å²) in [6.07, 6.45) is 3.46. The van der Waals surface area contributed by atoms with E-state index in [4.69, 9.17) is 4.74 Å². The maximum Gasteiger partial charge on any atom is 0.323 e. The monoisotopic (exact) mass is 373 g/mol. The van der Waals surface area contributed by atoms with Crippen LogP contribution in [0, 0.1) is 6.92 Å². The molecule has 0 fully saturated rings. The number of carbonyl (C=O) groups excluding carboxylic acids is 1. The lowest BCUT2D eigenvalue weighted by molar-refractivity contribution is 0.262. The molecule has 4 aromatic rings. The van der Waals surface area contributed by atoms with Gasteiger partial charge in [-0.25, -0.2) is 14.8 Å². The number of aromatic nitrogens is 3. The molecule has 3 N–H and O–H groups in total. The first-order chi connectivity index (χ1) is 13.7.